The number of nitrogens with one attached hydrogen (secondary N) is 1. The molecule has 0 spiro atoms. The van der Waals surface area contributed by atoms with Gasteiger partial charge >= 0.3 is 0 Å². The number of methoxy groups -OCH3 is 1. The van der Waals surface area contributed by atoms with E-state index in [1.54, 1.807) is 0 Å². The van der Waals surface area contributed by atoms with Gasteiger partial charge in [-0.15, -0.1) is 0 Å². The van der Waals surface area contributed by atoms with Gasteiger partial charge in [-0.2, -0.15) is 0 Å². The molecule has 106 valence electrons. The van der Waals surface area contributed by atoms with Crippen LogP contribution in [0.4, 0.5) is 0 Å². The predicted octanol–water partition coefficient (Wildman–Crippen LogP) is 2.95. The molecule has 3 nitrogen and oxygen atoms in total. The van der Waals surface area contributed by atoms with Gasteiger partial charge in [-0.25, -0.2) is 0 Å². The summed E-state index contributed by atoms with van der Waals surface area (Å²) in [7, 11) is 1.87. The second-order valence-electron chi connectivity index (χ2n) is 5.54. The SMILES string of the molecule is CCCNC(Cc1ccncc1)C1(OC)CCCC1. The summed E-state index contributed by atoms with van der Waals surface area (Å²) in [6.07, 6.45) is 10.9. The zero-order valence-corrected chi connectivity index (χ0v) is 12.2. The van der Waals surface area contributed by atoms with Crippen molar-refractivity contribution in [2.45, 2.75) is 57.1 Å². The molecule has 1 N–H and O–H groups in total. The Morgan fingerprint density at radius 2 is 2.00 bits per heavy atom. The number of hydrogen-bond acceptors (Lipinski definition) is 3. The summed E-state index contributed by atoms with van der Waals surface area (Å²) in [5, 5.41) is 3.71. The van der Waals surface area contributed by atoms with E-state index < -0.39 is 0 Å². The summed E-state index contributed by atoms with van der Waals surface area (Å²) in [6.45, 7) is 3.27. The van der Waals surface area contributed by atoms with E-state index in [0.29, 0.717) is 6.04 Å². The van der Waals surface area contributed by atoms with Crippen molar-refractivity contribution in [2.24, 2.45) is 0 Å². The molecule has 1 aliphatic rings. The molecule has 0 aromatic carbocycles. The summed E-state index contributed by atoms with van der Waals surface area (Å²) in [5.74, 6) is 0. The van der Waals surface area contributed by atoms with Crippen molar-refractivity contribution in [1.82, 2.24) is 10.3 Å². The Labute approximate surface area is 116 Å². The Kier molecular flexibility index (Phi) is 5.34. The monoisotopic (exact) mass is 262 g/mol. The third-order valence-electron chi connectivity index (χ3n) is 4.32. The van der Waals surface area contributed by atoms with Crippen LogP contribution in [-0.2, 0) is 11.2 Å². The number of aromatic nitrogens is 1. The lowest BCUT2D eigenvalue weighted by molar-refractivity contribution is -0.0354. The first-order valence-electron chi connectivity index (χ1n) is 7.48. The van der Waals surface area contributed by atoms with E-state index in [1.807, 2.05) is 19.5 Å². The Morgan fingerprint density at radius 1 is 1.32 bits per heavy atom. The van der Waals surface area contributed by atoms with Crippen molar-refractivity contribution in [3.63, 3.8) is 0 Å². The average Bonchev–Trinajstić information content (AvgIpc) is 2.94. The van der Waals surface area contributed by atoms with Crippen molar-refractivity contribution in [3.05, 3.63) is 30.1 Å². The zero-order valence-electron chi connectivity index (χ0n) is 12.2. The van der Waals surface area contributed by atoms with Gasteiger partial charge in [0.2, 0.25) is 0 Å². The normalized spacial score (nSPS) is 19.5. The van der Waals surface area contributed by atoms with Gasteiger partial charge in [-0.1, -0.05) is 19.8 Å². The molecule has 1 aromatic rings. The zero-order chi connectivity index (χ0) is 13.6. The minimum Gasteiger partial charge on any atom is -0.377 e. The lowest BCUT2D eigenvalue weighted by Crippen LogP contribution is -2.52. The Bertz CT molecular complexity index is 360. The van der Waals surface area contributed by atoms with Crippen LogP contribution in [0.1, 0.15) is 44.6 Å². The molecular formula is C16H26N2O. The van der Waals surface area contributed by atoms with Crippen LogP contribution in [0, 0.1) is 0 Å². The molecule has 0 aliphatic heterocycles. The number of hydrogen-bond donors (Lipinski definition) is 1. The Morgan fingerprint density at radius 3 is 2.58 bits per heavy atom. The highest BCUT2D eigenvalue weighted by Gasteiger charge is 2.41. The van der Waals surface area contributed by atoms with Gasteiger partial charge in [0.05, 0.1) is 5.60 Å². The maximum absolute atomic E-state index is 5.95. The molecule has 0 radical (unpaired) electrons. The second-order valence-corrected chi connectivity index (χ2v) is 5.54. The third-order valence-corrected chi connectivity index (χ3v) is 4.32. The van der Waals surface area contributed by atoms with Gasteiger partial charge in [0, 0.05) is 25.5 Å². The van der Waals surface area contributed by atoms with Crippen LogP contribution in [0.5, 0.6) is 0 Å². The van der Waals surface area contributed by atoms with Crippen LogP contribution in [0.2, 0.25) is 0 Å². The molecule has 2 rings (SSSR count). The summed E-state index contributed by atoms with van der Waals surface area (Å²) in [4.78, 5) is 4.10. The molecule has 0 amide bonds. The first-order chi connectivity index (χ1) is 9.30. The largest absolute Gasteiger partial charge is 0.377 e. The van der Waals surface area contributed by atoms with Gasteiger partial charge < -0.3 is 10.1 Å². The van der Waals surface area contributed by atoms with Gasteiger partial charge in [-0.05, 0) is 49.9 Å². The van der Waals surface area contributed by atoms with Crippen LogP contribution < -0.4 is 5.32 Å². The minimum atomic E-state index is 0.0262. The van der Waals surface area contributed by atoms with Crippen LogP contribution in [-0.4, -0.2) is 30.3 Å². The first-order valence-corrected chi connectivity index (χ1v) is 7.48. The fourth-order valence-electron chi connectivity index (χ4n) is 3.19. The fourth-order valence-corrected chi connectivity index (χ4v) is 3.19. The number of rotatable bonds is 7. The first kappa shape index (κ1) is 14.5. The maximum Gasteiger partial charge on any atom is 0.0834 e. The highest BCUT2D eigenvalue weighted by atomic mass is 16.5. The minimum absolute atomic E-state index is 0.0262. The van der Waals surface area contributed by atoms with Gasteiger partial charge in [0.25, 0.3) is 0 Å². The molecule has 1 atom stereocenters. The van der Waals surface area contributed by atoms with Crippen molar-refractivity contribution in [2.75, 3.05) is 13.7 Å². The summed E-state index contributed by atoms with van der Waals surface area (Å²) in [6, 6.07) is 4.63. The number of nitrogens with zero attached hydrogens (tertiary/aromatic N) is 1. The molecule has 19 heavy (non-hydrogen) atoms. The molecule has 0 saturated heterocycles. The van der Waals surface area contributed by atoms with E-state index in [-0.39, 0.29) is 5.60 Å². The Hall–Kier alpha value is -0.930. The average molecular weight is 262 g/mol. The highest BCUT2D eigenvalue weighted by Crippen LogP contribution is 2.36. The quantitative estimate of drug-likeness (QED) is 0.820. The third kappa shape index (κ3) is 3.54. The number of pyridine rings is 1. The topological polar surface area (TPSA) is 34.2 Å². The van der Waals surface area contributed by atoms with E-state index in [2.05, 4.69) is 29.4 Å². The molecule has 0 bridgehead atoms. The molecule has 1 unspecified atom stereocenters. The molecule has 1 aliphatic carbocycles. The van der Waals surface area contributed by atoms with Gasteiger partial charge in [-0.3, -0.25) is 4.98 Å². The lowest BCUT2D eigenvalue weighted by Gasteiger charge is -2.37. The van der Waals surface area contributed by atoms with Crippen LogP contribution in [0.25, 0.3) is 0 Å². The lowest BCUT2D eigenvalue weighted by atomic mass is 9.87. The van der Waals surface area contributed by atoms with Crippen LogP contribution in [0.15, 0.2) is 24.5 Å². The molecule has 1 heterocycles. The van der Waals surface area contributed by atoms with Crippen molar-refractivity contribution in [3.8, 4) is 0 Å². The van der Waals surface area contributed by atoms with Gasteiger partial charge in [0.15, 0.2) is 0 Å². The molecular weight excluding hydrogens is 236 g/mol. The number of ether oxygens (including phenoxy) is 1. The summed E-state index contributed by atoms with van der Waals surface area (Å²) in [5.41, 5.74) is 1.37. The second kappa shape index (κ2) is 7.01. The van der Waals surface area contributed by atoms with Crippen LogP contribution >= 0.6 is 0 Å². The summed E-state index contributed by atoms with van der Waals surface area (Å²) < 4.78 is 5.95. The predicted molar refractivity (Wildman–Crippen MR) is 78.2 cm³/mol. The molecule has 3 heteroatoms. The van der Waals surface area contributed by atoms with Crippen molar-refractivity contribution >= 4 is 0 Å². The van der Waals surface area contributed by atoms with E-state index in [9.17, 15) is 0 Å². The van der Waals surface area contributed by atoms with E-state index in [1.165, 1.54) is 31.2 Å². The maximum atomic E-state index is 5.95. The fraction of sp³-hybridized carbons (Fsp3) is 0.688. The highest BCUT2D eigenvalue weighted by molar-refractivity contribution is 5.14. The Balaban J connectivity index is 2.10. The van der Waals surface area contributed by atoms with E-state index in [0.717, 1.165) is 19.4 Å². The van der Waals surface area contributed by atoms with Crippen LogP contribution in [0.3, 0.4) is 0 Å². The standard InChI is InChI=1S/C16H26N2O/c1-3-10-18-15(13-14-6-11-17-12-7-14)16(19-2)8-4-5-9-16/h6-7,11-12,15,18H,3-5,8-10,13H2,1-2H3. The van der Waals surface area contributed by atoms with Crippen molar-refractivity contribution < 1.29 is 4.74 Å². The summed E-state index contributed by atoms with van der Waals surface area (Å²) >= 11 is 0. The smallest absolute Gasteiger partial charge is 0.0834 e. The molecule has 1 aromatic heterocycles. The van der Waals surface area contributed by atoms with Crippen molar-refractivity contribution in [1.29, 1.82) is 0 Å². The molecule has 1 saturated carbocycles. The van der Waals surface area contributed by atoms with E-state index in [4.69, 9.17) is 4.74 Å². The van der Waals surface area contributed by atoms with Gasteiger partial charge in [0.1, 0.15) is 0 Å². The van der Waals surface area contributed by atoms with E-state index >= 15 is 0 Å². The molecule has 1 fully saturated rings.